The number of para-hydroxylation sites is 1. The van der Waals surface area contributed by atoms with Gasteiger partial charge in [0.1, 0.15) is 5.82 Å². The van der Waals surface area contributed by atoms with E-state index in [1.807, 2.05) is 30.3 Å². The Morgan fingerprint density at radius 2 is 2.05 bits per heavy atom. The Morgan fingerprint density at radius 3 is 2.81 bits per heavy atom. The van der Waals surface area contributed by atoms with Crippen molar-refractivity contribution in [2.45, 2.75) is 19.4 Å². The van der Waals surface area contributed by atoms with E-state index in [4.69, 9.17) is 5.84 Å². The molecule has 1 heterocycles. The van der Waals surface area contributed by atoms with E-state index in [2.05, 4.69) is 10.4 Å². The average molecular weight is 301 g/mol. The number of aromatic nitrogens is 1. The molecule has 0 spiro atoms. The highest BCUT2D eigenvalue weighted by Crippen LogP contribution is 2.27. The van der Waals surface area contributed by atoms with Crippen molar-refractivity contribution >= 4 is 21.6 Å². The van der Waals surface area contributed by atoms with Gasteiger partial charge in [-0.05, 0) is 24.6 Å². The third kappa shape index (κ3) is 2.81. The Bertz CT molecular complexity index is 736. The SMILES string of the molecule is Cc1cccc(C(Cc2nc3ccccc3s2)NN)c1F. The summed E-state index contributed by atoms with van der Waals surface area (Å²) in [6.07, 6.45) is 0.566. The van der Waals surface area contributed by atoms with Crippen LogP contribution in [0, 0.1) is 12.7 Å². The molecular weight excluding hydrogens is 285 g/mol. The van der Waals surface area contributed by atoms with Crippen LogP contribution in [0.3, 0.4) is 0 Å². The van der Waals surface area contributed by atoms with Gasteiger partial charge in [-0.3, -0.25) is 11.3 Å². The molecule has 3 aromatic rings. The van der Waals surface area contributed by atoms with Crippen LogP contribution in [0.25, 0.3) is 10.2 Å². The fourth-order valence-corrected chi connectivity index (χ4v) is 3.39. The van der Waals surface area contributed by atoms with Gasteiger partial charge in [0.05, 0.1) is 21.3 Å². The lowest BCUT2D eigenvalue weighted by Gasteiger charge is -2.16. The van der Waals surface area contributed by atoms with Crippen molar-refractivity contribution < 1.29 is 4.39 Å². The lowest BCUT2D eigenvalue weighted by Crippen LogP contribution is -2.30. The van der Waals surface area contributed by atoms with Crippen molar-refractivity contribution in [1.29, 1.82) is 0 Å². The predicted octanol–water partition coefficient (Wildman–Crippen LogP) is 3.49. The summed E-state index contributed by atoms with van der Waals surface area (Å²) in [5.41, 5.74) is 4.88. The minimum Gasteiger partial charge on any atom is -0.271 e. The van der Waals surface area contributed by atoms with Crippen LogP contribution in [-0.4, -0.2) is 4.98 Å². The van der Waals surface area contributed by atoms with E-state index < -0.39 is 0 Å². The molecule has 3 nitrogen and oxygen atoms in total. The molecule has 1 atom stereocenters. The summed E-state index contributed by atoms with van der Waals surface area (Å²) in [5.74, 6) is 5.42. The standard InChI is InChI=1S/C16H16FN3S/c1-10-5-4-6-11(16(10)17)13(20-18)9-15-19-12-7-2-3-8-14(12)21-15/h2-8,13,20H,9,18H2,1H3. The van der Waals surface area contributed by atoms with E-state index in [-0.39, 0.29) is 11.9 Å². The van der Waals surface area contributed by atoms with Crippen molar-refractivity contribution in [1.82, 2.24) is 10.4 Å². The second-order valence-corrected chi connectivity index (χ2v) is 6.09. The molecule has 1 aromatic heterocycles. The van der Waals surface area contributed by atoms with Crippen LogP contribution >= 0.6 is 11.3 Å². The van der Waals surface area contributed by atoms with Gasteiger partial charge in [-0.1, -0.05) is 30.3 Å². The Balaban J connectivity index is 1.92. The second kappa shape index (κ2) is 5.89. The highest BCUT2D eigenvalue weighted by Gasteiger charge is 2.18. The highest BCUT2D eigenvalue weighted by molar-refractivity contribution is 7.18. The van der Waals surface area contributed by atoms with Crippen LogP contribution < -0.4 is 11.3 Å². The van der Waals surface area contributed by atoms with E-state index in [0.717, 1.165) is 15.2 Å². The number of fused-ring (bicyclic) bond motifs is 1. The van der Waals surface area contributed by atoms with Gasteiger partial charge in [-0.25, -0.2) is 9.37 Å². The minimum atomic E-state index is -0.287. The van der Waals surface area contributed by atoms with E-state index in [1.54, 1.807) is 30.4 Å². The number of hydrazine groups is 1. The zero-order valence-electron chi connectivity index (χ0n) is 11.6. The van der Waals surface area contributed by atoms with Crippen LogP contribution in [0.15, 0.2) is 42.5 Å². The van der Waals surface area contributed by atoms with Gasteiger partial charge < -0.3 is 0 Å². The molecule has 1 unspecified atom stereocenters. The van der Waals surface area contributed by atoms with Crippen LogP contribution in [0.4, 0.5) is 4.39 Å². The van der Waals surface area contributed by atoms with Crippen molar-refractivity contribution in [3.63, 3.8) is 0 Å². The summed E-state index contributed by atoms with van der Waals surface area (Å²) < 4.78 is 15.4. The highest BCUT2D eigenvalue weighted by atomic mass is 32.1. The monoisotopic (exact) mass is 301 g/mol. The summed E-state index contributed by atoms with van der Waals surface area (Å²) in [5, 5.41) is 0.944. The van der Waals surface area contributed by atoms with E-state index in [0.29, 0.717) is 17.5 Å². The molecule has 0 aliphatic carbocycles. The van der Waals surface area contributed by atoms with Gasteiger partial charge in [-0.2, -0.15) is 0 Å². The lowest BCUT2D eigenvalue weighted by atomic mass is 10.0. The Morgan fingerprint density at radius 1 is 1.24 bits per heavy atom. The van der Waals surface area contributed by atoms with Gasteiger partial charge >= 0.3 is 0 Å². The summed E-state index contributed by atoms with van der Waals surface area (Å²) in [6, 6.07) is 13.0. The number of hydrogen-bond donors (Lipinski definition) is 2. The average Bonchev–Trinajstić information content (AvgIpc) is 2.90. The first-order valence-electron chi connectivity index (χ1n) is 6.74. The Kier molecular flexibility index (Phi) is 3.96. The zero-order valence-corrected chi connectivity index (χ0v) is 12.5. The molecule has 108 valence electrons. The van der Waals surface area contributed by atoms with Gasteiger partial charge in [-0.15, -0.1) is 11.3 Å². The van der Waals surface area contributed by atoms with E-state index in [9.17, 15) is 4.39 Å². The van der Waals surface area contributed by atoms with Gasteiger partial charge in [0, 0.05) is 12.0 Å². The fraction of sp³-hybridized carbons (Fsp3) is 0.188. The molecule has 0 fully saturated rings. The van der Waals surface area contributed by atoms with Crippen LogP contribution in [0.1, 0.15) is 22.2 Å². The van der Waals surface area contributed by atoms with Crippen molar-refractivity contribution in [3.05, 3.63) is 64.4 Å². The number of halogens is 1. The molecule has 0 saturated heterocycles. The molecule has 0 amide bonds. The first kappa shape index (κ1) is 14.1. The number of benzene rings is 2. The molecule has 3 N–H and O–H groups in total. The third-order valence-electron chi connectivity index (χ3n) is 3.52. The number of nitrogens with zero attached hydrogens (tertiary/aromatic N) is 1. The first-order valence-corrected chi connectivity index (χ1v) is 7.56. The minimum absolute atomic E-state index is 0.207. The molecule has 0 radical (unpaired) electrons. The number of aryl methyl sites for hydroxylation is 1. The number of thiazole rings is 1. The quantitative estimate of drug-likeness (QED) is 0.573. The Hall–Kier alpha value is -1.82. The topological polar surface area (TPSA) is 50.9 Å². The second-order valence-electron chi connectivity index (χ2n) is 4.98. The van der Waals surface area contributed by atoms with Crippen molar-refractivity contribution in [3.8, 4) is 0 Å². The normalized spacial score (nSPS) is 12.7. The molecule has 0 saturated carbocycles. The summed E-state index contributed by atoms with van der Waals surface area (Å²) >= 11 is 1.62. The first-order chi connectivity index (χ1) is 10.2. The number of hydrogen-bond acceptors (Lipinski definition) is 4. The van der Waals surface area contributed by atoms with Crippen molar-refractivity contribution in [2.75, 3.05) is 0 Å². The maximum Gasteiger partial charge on any atom is 0.130 e. The molecule has 5 heteroatoms. The molecule has 2 aromatic carbocycles. The molecule has 21 heavy (non-hydrogen) atoms. The zero-order chi connectivity index (χ0) is 14.8. The Labute approximate surface area is 126 Å². The molecule has 0 aliphatic rings. The summed E-state index contributed by atoms with van der Waals surface area (Å²) in [4.78, 5) is 4.58. The largest absolute Gasteiger partial charge is 0.271 e. The lowest BCUT2D eigenvalue weighted by molar-refractivity contribution is 0.507. The molecule has 0 aliphatic heterocycles. The van der Waals surface area contributed by atoms with Crippen molar-refractivity contribution in [2.24, 2.45) is 5.84 Å². The van der Waals surface area contributed by atoms with Gasteiger partial charge in [0.2, 0.25) is 0 Å². The van der Waals surface area contributed by atoms with Gasteiger partial charge in [0.25, 0.3) is 0 Å². The van der Waals surface area contributed by atoms with Crippen LogP contribution in [0.2, 0.25) is 0 Å². The smallest absolute Gasteiger partial charge is 0.130 e. The number of nitrogens with one attached hydrogen (secondary N) is 1. The van der Waals surface area contributed by atoms with E-state index in [1.165, 1.54) is 0 Å². The number of rotatable bonds is 4. The molecule has 3 rings (SSSR count). The van der Waals surface area contributed by atoms with E-state index >= 15 is 0 Å². The fourth-order valence-electron chi connectivity index (χ4n) is 2.38. The third-order valence-corrected chi connectivity index (χ3v) is 4.57. The molecular formula is C16H16FN3S. The van der Waals surface area contributed by atoms with Crippen LogP contribution in [-0.2, 0) is 6.42 Å². The number of nitrogens with two attached hydrogens (primary N) is 1. The van der Waals surface area contributed by atoms with Crippen LogP contribution in [0.5, 0.6) is 0 Å². The maximum atomic E-state index is 14.2. The van der Waals surface area contributed by atoms with Gasteiger partial charge in [0.15, 0.2) is 0 Å². The predicted molar refractivity (Wildman–Crippen MR) is 84.5 cm³/mol. The maximum absolute atomic E-state index is 14.2. The summed E-state index contributed by atoms with van der Waals surface area (Å²) in [6.45, 7) is 1.75. The summed E-state index contributed by atoms with van der Waals surface area (Å²) in [7, 11) is 0. The molecule has 0 bridgehead atoms.